The van der Waals surface area contributed by atoms with Gasteiger partial charge in [0.2, 0.25) is 0 Å². The van der Waals surface area contributed by atoms with Crippen LogP contribution in [0.15, 0.2) is 6.33 Å². The average Bonchev–Trinajstić information content (AvgIpc) is 2.85. The summed E-state index contributed by atoms with van der Waals surface area (Å²) < 4.78 is 0. The molecule has 21 heavy (non-hydrogen) atoms. The first kappa shape index (κ1) is 16.0. The first-order valence-electron chi connectivity index (χ1n) is 8.06. The molecular formula is C16H28N4O. The van der Waals surface area contributed by atoms with Crippen molar-refractivity contribution in [2.24, 2.45) is 5.92 Å². The lowest BCUT2D eigenvalue weighted by atomic mass is 10.0. The van der Waals surface area contributed by atoms with Gasteiger partial charge in [0.25, 0.3) is 0 Å². The van der Waals surface area contributed by atoms with Crippen LogP contribution >= 0.6 is 0 Å². The molecule has 0 aliphatic carbocycles. The predicted molar refractivity (Wildman–Crippen MR) is 86.9 cm³/mol. The molecule has 0 spiro atoms. The maximum absolute atomic E-state index is 9.71. The molecule has 5 nitrogen and oxygen atoms in total. The molecule has 5 heteroatoms. The summed E-state index contributed by atoms with van der Waals surface area (Å²) in [6.45, 7) is 10.7. The topological polar surface area (TPSA) is 61.3 Å². The lowest BCUT2D eigenvalue weighted by molar-refractivity contribution is 0.244. The van der Waals surface area contributed by atoms with Crippen LogP contribution in [0.1, 0.15) is 52.0 Å². The number of hydrogen-bond donors (Lipinski definition) is 2. The predicted octanol–water partition coefficient (Wildman–Crippen LogP) is 2.63. The third-order valence-corrected chi connectivity index (χ3v) is 4.32. The quantitative estimate of drug-likeness (QED) is 0.844. The molecule has 118 valence electrons. The molecule has 2 atom stereocenters. The number of rotatable bonds is 6. The monoisotopic (exact) mass is 292 g/mol. The number of nitrogens with zero attached hydrogens (tertiary/aromatic N) is 3. The average molecular weight is 292 g/mol. The molecule has 1 aliphatic heterocycles. The first-order chi connectivity index (χ1) is 10.1. The van der Waals surface area contributed by atoms with Gasteiger partial charge in [0.1, 0.15) is 18.0 Å². The minimum atomic E-state index is 0.163. The summed E-state index contributed by atoms with van der Waals surface area (Å²) in [5.74, 6) is 2.77. The standard InChI is InChI=1S/C16H28N4O/c1-5-7-17-15-14(11(2)3)16(19-10-18-15)20-8-6-12(4)13(20)9-21/h10-13,21H,5-9H2,1-4H3,(H,17,18,19). The van der Waals surface area contributed by atoms with Crippen LogP contribution in [0.3, 0.4) is 0 Å². The Bertz CT molecular complexity index is 464. The fourth-order valence-electron chi connectivity index (χ4n) is 3.08. The summed E-state index contributed by atoms with van der Waals surface area (Å²) >= 11 is 0. The van der Waals surface area contributed by atoms with Crippen molar-refractivity contribution in [3.05, 3.63) is 11.9 Å². The van der Waals surface area contributed by atoms with Gasteiger partial charge in [-0.3, -0.25) is 0 Å². The first-order valence-corrected chi connectivity index (χ1v) is 8.06. The largest absolute Gasteiger partial charge is 0.394 e. The van der Waals surface area contributed by atoms with Gasteiger partial charge in [0.15, 0.2) is 0 Å². The fourth-order valence-corrected chi connectivity index (χ4v) is 3.08. The molecule has 1 aliphatic rings. The van der Waals surface area contributed by atoms with E-state index in [4.69, 9.17) is 0 Å². The van der Waals surface area contributed by atoms with Crippen LogP contribution in [0.4, 0.5) is 11.6 Å². The molecule has 1 aromatic rings. The molecule has 0 aromatic carbocycles. The summed E-state index contributed by atoms with van der Waals surface area (Å²) in [5, 5.41) is 13.1. The van der Waals surface area contributed by atoms with Gasteiger partial charge in [-0.15, -0.1) is 0 Å². The van der Waals surface area contributed by atoms with Crippen LogP contribution in [0.25, 0.3) is 0 Å². The normalized spacial score (nSPS) is 22.1. The van der Waals surface area contributed by atoms with E-state index in [1.165, 1.54) is 5.56 Å². The second kappa shape index (κ2) is 7.07. The van der Waals surface area contributed by atoms with Gasteiger partial charge in [-0.2, -0.15) is 0 Å². The van der Waals surface area contributed by atoms with Crippen molar-refractivity contribution in [1.29, 1.82) is 0 Å². The van der Waals surface area contributed by atoms with E-state index in [0.717, 1.165) is 37.6 Å². The summed E-state index contributed by atoms with van der Waals surface area (Å²) in [6, 6.07) is 0.163. The Morgan fingerprint density at radius 2 is 2.19 bits per heavy atom. The van der Waals surface area contributed by atoms with Crippen molar-refractivity contribution in [2.45, 2.75) is 52.5 Å². The number of aromatic nitrogens is 2. The molecule has 1 fully saturated rings. The summed E-state index contributed by atoms with van der Waals surface area (Å²) in [6.07, 6.45) is 3.80. The summed E-state index contributed by atoms with van der Waals surface area (Å²) in [7, 11) is 0. The third-order valence-electron chi connectivity index (χ3n) is 4.32. The number of anilines is 2. The second-order valence-electron chi connectivity index (χ2n) is 6.25. The number of aliphatic hydroxyl groups is 1. The SMILES string of the molecule is CCCNc1ncnc(N2CCC(C)C2CO)c1C(C)C. The molecule has 2 N–H and O–H groups in total. The van der Waals surface area contributed by atoms with Gasteiger partial charge in [0, 0.05) is 18.7 Å². The highest BCUT2D eigenvalue weighted by atomic mass is 16.3. The van der Waals surface area contributed by atoms with E-state index in [0.29, 0.717) is 11.8 Å². The maximum Gasteiger partial charge on any atom is 0.137 e. The lowest BCUT2D eigenvalue weighted by Crippen LogP contribution is -2.36. The van der Waals surface area contributed by atoms with Gasteiger partial charge in [-0.25, -0.2) is 9.97 Å². The molecular weight excluding hydrogens is 264 g/mol. The second-order valence-corrected chi connectivity index (χ2v) is 6.25. The van der Waals surface area contributed by atoms with Crippen molar-refractivity contribution in [1.82, 2.24) is 9.97 Å². The third kappa shape index (κ3) is 3.28. The maximum atomic E-state index is 9.71. The van der Waals surface area contributed by atoms with E-state index in [1.807, 2.05) is 0 Å². The molecule has 1 aromatic heterocycles. The summed E-state index contributed by atoms with van der Waals surface area (Å²) in [4.78, 5) is 11.2. The lowest BCUT2D eigenvalue weighted by Gasteiger charge is -2.29. The molecule has 0 amide bonds. The van der Waals surface area contributed by atoms with E-state index in [-0.39, 0.29) is 12.6 Å². The van der Waals surface area contributed by atoms with E-state index in [1.54, 1.807) is 6.33 Å². The zero-order chi connectivity index (χ0) is 15.4. The van der Waals surface area contributed by atoms with Crippen LogP contribution in [0, 0.1) is 5.92 Å². The van der Waals surface area contributed by atoms with Crippen LogP contribution in [0.2, 0.25) is 0 Å². The highest BCUT2D eigenvalue weighted by molar-refractivity contribution is 5.61. The Kier molecular flexibility index (Phi) is 5.39. The fraction of sp³-hybridized carbons (Fsp3) is 0.750. The van der Waals surface area contributed by atoms with Gasteiger partial charge in [-0.05, 0) is 24.7 Å². The van der Waals surface area contributed by atoms with Crippen molar-refractivity contribution in [3.8, 4) is 0 Å². The van der Waals surface area contributed by atoms with Crippen molar-refractivity contribution in [3.63, 3.8) is 0 Å². The minimum absolute atomic E-state index is 0.163. The molecule has 2 heterocycles. The Morgan fingerprint density at radius 3 is 2.81 bits per heavy atom. The highest BCUT2D eigenvalue weighted by Crippen LogP contribution is 2.36. The van der Waals surface area contributed by atoms with Gasteiger partial charge in [0.05, 0.1) is 12.6 Å². The van der Waals surface area contributed by atoms with Crippen molar-refractivity contribution < 1.29 is 5.11 Å². The molecule has 0 radical (unpaired) electrons. The Morgan fingerprint density at radius 1 is 1.43 bits per heavy atom. The van der Waals surface area contributed by atoms with Gasteiger partial charge < -0.3 is 15.3 Å². The Balaban J connectivity index is 2.38. The zero-order valence-electron chi connectivity index (χ0n) is 13.6. The molecule has 0 saturated carbocycles. The van der Waals surface area contributed by atoms with Crippen LogP contribution in [-0.4, -0.2) is 40.8 Å². The van der Waals surface area contributed by atoms with Crippen molar-refractivity contribution in [2.75, 3.05) is 29.9 Å². The van der Waals surface area contributed by atoms with Crippen LogP contribution in [-0.2, 0) is 0 Å². The smallest absolute Gasteiger partial charge is 0.137 e. The number of nitrogens with one attached hydrogen (secondary N) is 1. The Labute approximate surface area is 127 Å². The number of aliphatic hydroxyl groups excluding tert-OH is 1. The van der Waals surface area contributed by atoms with Crippen LogP contribution < -0.4 is 10.2 Å². The number of hydrogen-bond acceptors (Lipinski definition) is 5. The van der Waals surface area contributed by atoms with Gasteiger partial charge in [-0.1, -0.05) is 27.7 Å². The molecule has 0 bridgehead atoms. The van der Waals surface area contributed by atoms with Crippen LogP contribution in [0.5, 0.6) is 0 Å². The van der Waals surface area contributed by atoms with Crippen molar-refractivity contribution >= 4 is 11.6 Å². The minimum Gasteiger partial charge on any atom is -0.394 e. The molecule has 2 rings (SSSR count). The van der Waals surface area contributed by atoms with Gasteiger partial charge >= 0.3 is 0 Å². The summed E-state index contributed by atoms with van der Waals surface area (Å²) in [5.41, 5.74) is 1.17. The zero-order valence-corrected chi connectivity index (χ0v) is 13.6. The highest BCUT2D eigenvalue weighted by Gasteiger charge is 2.33. The van der Waals surface area contributed by atoms with E-state index in [2.05, 4.69) is 47.9 Å². The molecule has 2 unspecified atom stereocenters. The Hall–Kier alpha value is -1.36. The molecule has 1 saturated heterocycles. The van der Waals surface area contributed by atoms with E-state index in [9.17, 15) is 5.11 Å². The van der Waals surface area contributed by atoms with E-state index >= 15 is 0 Å². The van der Waals surface area contributed by atoms with E-state index < -0.39 is 0 Å².